The van der Waals surface area contributed by atoms with E-state index in [0.29, 0.717) is 11.3 Å². The van der Waals surface area contributed by atoms with Gasteiger partial charge in [0, 0.05) is 30.7 Å². The molecule has 0 aliphatic heterocycles. The summed E-state index contributed by atoms with van der Waals surface area (Å²) in [6.07, 6.45) is 5.90. The summed E-state index contributed by atoms with van der Waals surface area (Å²) in [6.45, 7) is 1.74. The molecule has 1 saturated carbocycles. The molecule has 2 aromatic heterocycles. The zero-order chi connectivity index (χ0) is 23.4. The molecule has 1 fully saturated rings. The van der Waals surface area contributed by atoms with Crippen LogP contribution in [0.15, 0.2) is 61.2 Å². The minimum Gasteiger partial charge on any atom is -0.438 e. The second kappa shape index (κ2) is 9.56. The van der Waals surface area contributed by atoms with E-state index in [9.17, 15) is 18.0 Å². The molecule has 0 spiro atoms. The van der Waals surface area contributed by atoms with Crippen LogP contribution < -0.4 is 10.1 Å². The number of aromatic nitrogens is 3. The number of alkyl halides is 2. The number of ether oxygens (including phenoxy) is 1. The van der Waals surface area contributed by atoms with Gasteiger partial charge in [-0.15, -0.1) is 0 Å². The van der Waals surface area contributed by atoms with Crippen molar-refractivity contribution in [3.8, 4) is 11.6 Å². The first-order chi connectivity index (χ1) is 15.8. The van der Waals surface area contributed by atoms with Crippen LogP contribution in [0.25, 0.3) is 0 Å². The molecule has 6 nitrogen and oxygen atoms in total. The third kappa shape index (κ3) is 5.47. The van der Waals surface area contributed by atoms with Gasteiger partial charge < -0.3 is 10.1 Å². The Balaban J connectivity index is 1.37. The number of rotatable bonds is 6. The predicted octanol–water partition coefficient (Wildman–Crippen LogP) is 5.60. The molecule has 0 bridgehead atoms. The molecule has 1 N–H and O–H groups in total. The summed E-state index contributed by atoms with van der Waals surface area (Å²) in [6, 6.07) is 8.66. The molecule has 0 unspecified atom stereocenters. The van der Waals surface area contributed by atoms with Gasteiger partial charge >= 0.3 is 0 Å². The highest BCUT2D eigenvalue weighted by Crippen LogP contribution is 2.48. The molecule has 1 aliphatic rings. The van der Waals surface area contributed by atoms with Crippen molar-refractivity contribution in [2.24, 2.45) is 11.8 Å². The van der Waals surface area contributed by atoms with E-state index < -0.39 is 17.8 Å². The molecule has 3 atom stereocenters. The van der Waals surface area contributed by atoms with Crippen LogP contribution in [0.3, 0.4) is 0 Å². The normalized spacial score (nSPS) is 20.6. The Morgan fingerprint density at radius 3 is 2.52 bits per heavy atom. The lowest BCUT2D eigenvalue weighted by Gasteiger charge is -2.38. The molecule has 9 heteroatoms. The standard InChI is InChI=1S/C24H23F3N4O2/c1-15(17-6-9-24(26,27)20(12-17)16-7-10-28-11-8-16)23(32)31-21-13-30-22(14-29-21)33-19-4-2-18(25)3-5-19/h2-5,7-8,10-11,13-15,17,20H,6,9,12H2,1H3,(H,29,31,32)/t15-,17+,20-/m1/s1. The minimum atomic E-state index is -2.82. The molecule has 33 heavy (non-hydrogen) atoms. The number of amides is 1. The molecule has 172 valence electrons. The lowest BCUT2D eigenvalue weighted by atomic mass is 9.71. The highest BCUT2D eigenvalue weighted by atomic mass is 19.3. The maximum absolute atomic E-state index is 14.6. The van der Waals surface area contributed by atoms with Gasteiger partial charge in [-0.05, 0) is 60.7 Å². The Bertz CT molecular complexity index is 1080. The first-order valence-corrected chi connectivity index (χ1v) is 10.7. The van der Waals surface area contributed by atoms with Crippen LogP contribution in [-0.2, 0) is 4.79 Å². The predicted molar refractivity (Wildman–Crippen MR) is 116 cm³/mol. The Hall–Kier alpha value is -3.49. The largest absolute Gasteiger partial charge is 0.438 e. The number of benzene rings is 1. The minimum absolute atomic E-state index is 0.183. The smallest absolute Gasteiger partial charge is 0.254 e. The number of halogens is 3. The van der Waals surface area contributed by atoms with E-state index in [4.69, 9.17) is 4.74 Å². The number of pyridine rings is 1. The van der Waals surface area contributed by atoms with Crippen LogP contribution in [0.5, 0.6) is 11.6 Å². The van der Waals surface area contributed by atoms with Crippen molar-refractivity contribution >= 4 is 11.7 Å². The molecular formula is C24H23F3N4O2. The highest BCUT2D eigenvalue weighted by molar-refractivity contribution is 5.91. The van der Waals surface area contributed by atoms with E-state index in [0.717, 1.165) is 0 Å². The van der Waals surface area contributed by atoms with E-state index in [1.165, 1.54) is 49.1 Å². The molecule has 1 aliphatic carbocycles. The van der Waals surface area contributed by atoms with Crippen LogP contribution in [0.1, 0.15) is 37.7 Å². The molecule has 0 radical (unpaired) electrons. The highest BCUT2D eigenvalue weighted by Gasteiger charge is 2.47. The number of carbonyl (C=O) groups is 1. The molecular weight excluding hydrogens is 433 g/mol. The van der Waals surface area contributed by atoms with Gasteiger partial charge in [0.2, 0.25) is 11.8 Å². The van der Waals surface area contributed by atoms with E-state index in [1.807, 2.05) is 0 Å². The van der Waals surface area contributed by atoms with Crippen molar-refractivity contribution in [2.75, 3.05) is 5.32 Å². The Labute approximate surface area is 189 Å². The second-order valence-electron chi connectivity index (χ2n) is 8.20. The number of carbonyl (C=O) groups excluding carboxylic acids is 1. The quantitative estimate of drug-likeness (QED) is 0.523. The van der Waals surface area contributed by atoms with Crippen molar-refractivity contribution in [3.63, 3.8) is 0 Å². The molecule has 0 saturated heterocycles. The molecule has 1 aromatic carbocycles. The molecule has 2 heterocycles. The zero-order valence-corrected chi connectivity index (χ0v) is 17.9. The van der Waals surface area contributed by atoms with Gasteiger partial charge in [-0.3, -0.25) is 9.78 Å². The van der Waals surface area contributed by atoms with Gasteiger partial charge in [-0.2, -0.15) is 0 Å². The Morgan fingerprint density at radius 2 is 1.85 bits per heavy atom. The number of nitrogens with zero attached hydrogens (tertiary/aromatic N) is 3. The summed E-state index contributed by atoms with van der Waals surface area (Å²) in [5, 5.41) is 2.70. The van der Waals surface area contributed by atoms with Crippen LogP contribution in [-0.4, -0.2) is 26.8 Å². The van der Waals surface area contributed by atoms with E-state index >= 15 is 0 Å². The first kappa shape index (κ1) is 22.7. The van der Waals surface area contributed by atoms with Crippen LogP contribution >= 0.6 is 0 Å². The number of nitrogens with one attached hydrogen (secondary N) is 1. The first-order valence-electron chi connectivity index (χ1n) is 10.7. The third-order valence-corrected chi connectivity index (χ3v) is 6.04. The lowest BCUT2D eigenvalue weighted by molar-refractivity contribution is -0.124. The Morgan fingerprint density at radius 1 is 1.12 bits per heavy atom. The Kier molecular flexibility index (Phi) is 6.57. The summed E-state index contributed by atoms with van der Waals surface area (Å²) >= 11 is 0. The summed E-state index contributed by atoms with van der Waals surface area (Å²) in [5.74, 6) is -4.33. The average Bonchev–Trinajstić information content (AvgIpc) is 2.82. The topological polar surface area (TPSA) is 77.0 Å². The van der Waals surface area contributed by atoms with E-state index in [-0.39, 0.29) is 48.6 Å². The van der Waals surface area contributed by atoms with Gasteiger partial charge in [0.25, 0.3) is 5.92 Å². The number of anilines is 1. The van der Waals surface area contributed by atoms with E-state index in [1.54, 1.807) is 19.1 Å². The molecule has 4 rings (SSSR count). The van der Waals surface area contributed by atoms with Gasteiger partial charge in [0.15, 0.2) is 5.82 Å². The lowest BCUT2D eigenvalue weighted by Crippen LogP contribution is -2.38. The second-order valence-corrected chi connectivity index (χ2v) is 8.20. The fraction of sp³-hybridized carbons (Fsp3) is 0.333. The van der Waals surface area contributed by atoms with Gasteiger partial charge in [0.1, 0.15) is 11.6 Å². The van der Waals surface area contributed by atoms with Crippen LogP contribution in [0.2, 0.25) is 0 Å². The fourth-order valence-electron chi connectivity index (χ4n) is 4.09. The van der Waals surface area contributed by atoms with Crippen molar-refractivity contribution in [1.29, 1.82) is 0 Å². The van der Waals surface area contributed by atoms with E-state index in [2.05, 4.69) is 20.3 Å². The summed E-state index contributed by atoms with van der Waals surface area (Å²) < 4.78 is 47.6. The van der Waals surface area contributed by atoms with Gasteiger partial charge in [-0.25, -0.2) is 23.1 Å². The summed E-state index contributed by atoms with van der Waals surface area (Å²) in [4.78, 5) is 24.9. The zero-order valence-electron chi connectivity index (χ0n) is 17.9. The SMILES string of the molecule is C[C@@H](C(=O)Nc1cnc(Oc2ccc(F)cc2)cn1)[C@H]1CCC(F)(F)[C@@H](c2ccncc2)C1. The van der Waals surface area contributed by atoms with Crippen LogP contribution in [0, 0.1) is 17.7 Å². The average molecular weight is 456 g/mol. The van der Waals surface area contributed by atoms with Crippen molar-refractivity contribution < 1.29 is 22.7 Å². The number of hydrogen-bond acceptors (Lipinski definition) is 5. The summed E-state index contributed by atoms with van der Waals surface area (Å²) in [5.41, 5.74) is 0.537. The van der Waals surface area contributed by atoms with Crippen LogP contribution in [0.4, 0.5) is 19.0 Å². The molecule has 1 amide bonds. The van der Waals surface area contributed by atoms with Crippen molar-refractivity contribution in [3.05, 3.63) is 72.6 Å². The monoisotopic (exact) mass is 456 g/mol. The number of hydrogen-bond donors (Lipinski definition) is 1. The van der Waals surface area contributed by atoms with Gasteiger partial charge in [-0.1, -0.05) is 6.92 Å². The van der Waals surface area contributed by atoms with Gasteiger partial charge in [0.05, 0.1) is 12.4 Å². The third-order valence-electron chi connectivity index (χ3n) is 6.04. The maximum Gasteiger partial charge on any atom is 0.254 e. The fourth-order valence-corrected chi connectivity index (χ4v) is 4.09. The van der Waals surface area contributed by atoms with Crippen molar-refractivity contribution in [1.82, 2.24) is 15.0 Å². The maximum atomic E-state index is 14.6. The van der Waals surface area contributed by atoms with Crippen molar-refractivity contribution in [2.45, 2.75) is 38.0 Å². The summed E-state index contributed by atoms with van der Waals surface area (Å²) in [7, 11) is 0. The molecule has 3 aromatic rings.